The molecular formula is C17H23N3O3. The summed E-state index contributed by atoms with van der Waals surface area (Å²) in [7, 11) is 0. The van der Waals surface area contributed by atoms with Gasteiger partial charge in [-0.2, -0.15) is 5.10 Å². The lowest BCUT2D eigenvalue weighted by Gasteiger charge is -2.13. The molecule has 23 heavy (non-hydrogen) atoms. The second-order valence-electron chi connectivity index (χ2n) is 5.00. The van der Waals surface area contributed by atoms with Crippen LogP contribution in [0.4, 0.5) is 0 Å². The summed E-state index contributed by atoms with van der Waals surface area (Å²) in [5.74, 6) is 0.0839. The van der Waals surface area contributed by atoms with Crippen LogP contribution in [0.3, 0.4) is 0 Å². The topological polar surface area (TPSA) is 66.2 Å². The Morgan fingerprint density at radius 3 is 2.70 bits per heavy atom. The Hall–Kier alpha value is -2.37. The lowest BCUT2D eigenvalue weighted by molar-refractivity contribution is 0.0521. The van der Waals surface area contributed by atoms with Gasteiger partial charge in [0.25, 0.3) is 0 Å². The van der Waals surface area contributed by atoms with Crippen molar-refractivity contribution in [1.82, 2.24) is 14.8 Å². The number of aromatic nitrogens is 3. The maximum Gasteiger partial charge on any atom is 0.343 e. The SMILES string of the molecule is CC/C=C\Cn1ncc2c(OCC)c(C(=O)OCC)c(C)nc21. The molecule has 0 aliphatic rings. The molecule has 0 aliphatic carbocycles. The first-order valence-electron chi connectivity index (χ1n) is 7.94. The number of allylic oxidation sites excluding steroid dienone is 2. The van der Waals surface area contributed by atoms with Gasteiger partial charge in [-0.05, 0) is 27.2 Å². The van der Waals surface area contributed by atoms with Crippen LogP contribution >= 0.6 is 0 Å². The summed E-state index contributed by atoms with van der Waals surface area (Å²) in [6.45, 7) is 8.91. The van der Waals surface area contributed by atoms with E-state index in [9.17, 15) is 4.79 Å². The number of fused-ring (bicyclic) bond motifs is 1. The zero-order chi connectivity index (χ0) is 16.8. The van der Waals surface area contributed by atoms with E-state index in [1.165, 1.54) is 0 Å². The van der Waals surface area contributed by atoms with Gasteiger partial charge in [0.05, 0.1) is 37.0 Å². The molecule has 6 heteroatoms. The molecule has 0 aromatic carbocycles. The number of carbonyl (C=O) groups excluding carboxylic acids is 1. The molecule has 0 bridgehead atoms. The highest BCUT2D eigenvalue weighted by Gasteiger charge is 2.23. The van der Waals surface area contributed by atoms with E-state index >= 15 is 0 Å². The number of aryl methyl sites for hydroxylation is 1. The van der Waals surface area contributed by atoms with Crippen LogP contribution in [-0.4, -0.2) is 33.9 Å². The number of pyridine rings is 1. The third-order valence-corrected chi connectivity index (χ3v) is 3.37. The molecule has 0 atom stereocenters. The van der Waals surface area contributed by atoms with Crippen molar-refractivity contribution in [3.05, 3.63) is 29.6 Å². The van der Waals surface area contributed by atoms with Crippen molar-refractivity contribution in [2.45, 2.75) is 40.7 Å². The van der Waals surface area contributed by atoms with E-state index in [1.54, 1.807) is 24.7 Å². The van der Waals surface area contributed by atoms with Gasteiger partial charge in [-0.1, -0.05) is 19.1 Å². The van der Waals surface area contributed by atoms with E-state index in [4.69, 9.17) is 9.47 Å². The zero-order valence-electron chi connectivity index (χ0n) is 14.1. The molecule has 0 saturated heterocycles. The Balaban J connectivity index is 2.57. The van der Waals surface area contributed by atoms with E-state index in [2.05, 4.69) is 23.1 Å². The van der Waals surface area contributed by atoms with Crippen molar-refractivity contribution in [1.29, 1.82) is 0 Å². The van der Waals surface area contributed by atoms with Gasteiger partial charge >= 0.3 is 5.97 Å². The molecule has 6 nitrogen and oxygen atoms in total. The normalized spacial score (nSPS) is 11.3. The summed E-state index contributed by atoms with van der Waals surface area (Å²) in [5, 5.41) is 5.10. The summed E-state index contributed by atoms with van der Waals surface area (Å²) in [4.78, 5) is 16.8. The summed E-state index contributed by atoms with van der Waals surface area (Å²) in [6.07, 6.45) is 6.79. The zero-order valence-corrected chi connectivity index (χ0v) is 14.1. The van der Waals surface area contributed by atoms with Crippen LogP contribution in [0, 0.1) is 6.92 Å². The number of hydrogen-bond acceptors (Lipinski definition) is 5. The average Bonchev–Trinajstić information content (AvgIpc) is 2.91. The first-order valence-corrected chi connectivity index (χ1v) is 7.94. The highest BCUT2D eigenvalue weighted by atomic mass is 16.5. The Morgan fingerprint density at radius 2 is 2.04 bits per heavy atom. The molecule has 0 amide bonds. The number of ether oxygens (including phenoxy) is 2. The fourth-order valence-corrected chi connectivity index (χ4v) is 2.38. The van der Waals surface area contributed by atoms with Gasteiger partial charge in [0, 0.05) is 0 Å². The van der Waals surface area contributed by atoms with Crippen molar-refractivity contribution in [3.63, 3.8) is 0 Å². The molecule has 0 N–H and O–H groups in total. The highest BCUT2D eigenvalue weighted by Crippen LogP contribution is 2.31. The number of esters is 1. The van der Waals surface area contributed by atoms with Gasteiger partial charge in [-0.15, -0.1) is 0 Å². The van der Waals surface area contributed by atoms with Crippen LogP contribution in [0.15, 0.2) is 18.3 Å². The Bertz CT molecular complexity index is 719. The average molecular weight is 317 g/mol. The van der Waals surface area contributed by atoms with Crippen molar-refractivity contribution >= 4 is 17.0 Å². The fourth-order valence-electron chi connectivity index (χ4n) is 2.38. The van der Waals surface area contributed by atoms with Gasteiger partial charge in [0.1, 0.15) is 11.3 Å². The van der Waals surface area contributed by atoms with Gasteiger partial charge < -0.3 is 9.47 Å². The van der Waals surface area contributed by atoms with Gasteiger partial charge in [-0.3, -0.25) is 0 Å². The summed E-state index contributed by atoms with van der Waals surface area (Å²) >= 11 is 0. The summed E-state index contributed by atoms with van der Waals surface area (Å²) in [5.41, 5.74) is 1.67. The van der Waals surface area contributed by atoms with Gasteiger partial charge in [0.2, 0.25) is 0 Å². The first kappa shape index (κ1) is 17.0. The molecular weight excluding hydrogens is 294 g/mol. The number of carbonyl (C=O) groups is 1. The molecule has 0 aliphatic heterocycles. The smallest absolute Gasteiger partial charge is 0.343 e. The lowest BCUT2D eigenvalue weighted by atomic mass is 10.1. The molecule has 0 unspecified atom stereocenters. The van der Waals surface area contributed by atoms with Gasteiger partial charge in [0.15, 0.2) is 5.65 Å². The summed E-state index contributed by atoms with van der Waals surface area (Å²) in [6, 6.07) is 0. The minimum atomic E-state index is -0.415. The minimum absolute atomic E-state index is 0.308. The van der Waals surface area contributed by atoms with Crippen LogP contribution in [0.1, 0.15) is 43.2 Å². The van der Waals surface area contributed by atoms with Gasteiger partial charge in [-0.25, -0.2) is 14.5 Å². The van der Waals surface area contributed by atoms with Crippen molar-refractivity contribution in [2.75, 3.05) is 13.2 Å². The fraction of sp³-hybridized carbons (Fsp3) is 0.471. The molecule has 0 radical (unpaired) electrons. The Labute approximate surface area is 136 Å². The molecule has 124 valence electrons. The monoisotopic (exact) mass is 317 g/mol. The van der Waals surface area contributed by atoms with Crippen molar-refractivity contribution in [2.24, 2.45) is 0 Å². The van der Waals surface area contributed by atoms with Crippen molar-refractivity contribution in [3.8, 4) is 5.75 Å². The summed E-state index contributed by atoms with van der Waals surface area (Å²) < 4.78 is 12.7. The third kappa shape index (κ3) is 3.52. The van der Waals surface area contributed by atoms with E-state index in [1.807, 2.05) is 13.0 Å². The Morgan fingerprint density at radius 1 is 1.26 bits per heavy atom. The third-order valence-electron chi connectivity index (χ3n) is 3.37. The van der Waals surface area contributed by atoms with E-state index < -0.39 is 5.97 Å². The van der Waals surface area contributed by atoms with Crippen LogP contribution < -0.4 is 4.74 Å². The molecule has 2 aromatic heterocycles. The minimum Gasteiger partial charge on any atom is -0.492 e. The number of nitrogens with zero attached hydrogens (tertiary/aromatic N) is 3. The maximum absolute atomic E-state index is 12.2. The predicted molar refractivity (Wildman–Crippen MR) is 88.8 cm³/mol. The second kappa shape index (κ2) is 7.76. The van der Waals surface area contributed by atoms with E-state index in [0.717, 1.165) is 11.8 Å². The maximum atomic E-state index is 12.2. The largest absolute Gasteiger partial charge is 0.492 e. The van der Waals surface area contributed by atoms with Crippen LogP contribution in [-0.2, 0) is 11.3 Å². The number of rotatable bonds is 7. The van der Waals surface area contributed by atoms with Crippen LogP contribution in [0.2, 0.25) is 0 Å². The first-order chi connectivity index (χ1) is 11.1. The highest BCUT2D eigenvalue weighted by molar-refractivity contribution is 6.00. The quantitative estimate of drug-likeness (QED) is 0.579. The van der Waals surface area contributed by atoms with Crippen LogP contribution in [0.25, 0.3) is 11.0 Å². The number of hydrogen-bond donors (Lipinski definition) is 0. The van der Waals surface area contributed by atoms with Crippen molar-refractivity contribution < 1.29 is 14.3 Å². The molecule has 2 rings (SSSR count). The second-order valence-corrected chi connectivity index (χ2v) is 5.00. The van der Waals surface area contributed by atoms with E-state index in [-0.39, 0.29) is 0 Å². The Kier molecular flexibility index (Phi) is 5.73. The molecule has 0 saturated carbocycles. The van der Waals surface area contributed by atoms with E-state index in [0.29, 0.717) is 42.4 Å². The van der Waals surface area contributed by atoms with Crippen LogP contribution in [0.5, 0.6) is 5.75 Å². The molecule has 0 fully saturated rings. The lowest BCUT2D eigenvalue weighted by Crippen LogP contribution is -2.12. The predicted octanol–water partition coefficient (Wildman–Crippen LogP) is 3.28. The molecule has 2 heterocycles. The molecule has 0 spiro atoms. The molecule has 2 aromatic rings. The standard InChI is InChI=1S/C17H23N3O3/c1-5-8-9-10-20-16-13(11-18-20)15(22-6-2)14(12(4)19-16)17(21)23-7-3/h8-9,11H,5-7,10H2,1-4H3/b9-8-.